The summed E-state index contributed by atoms with van der Waals surface area (Å²) in [6, 6.07) is 8.96. The molecule has 4 nitrogen and oxygen atoms in total. The van der Waals surface area contributed by atoms with Crippen molar-refractivity contribution in [1.29, 1.82) is 0 Å². The van der Waals surface area contributed by atoms with Crippen LogP contribution in [-0.2, 0) is 6.54 Å². The van der Waals surface area contributed by atoms with Crippen molar-refractivity contribution in [3.63, 3.8) is 0 Å². The first-order valence-electron chi connectivity index (χ1n) is 8.99. The van der Waals surface area contributed by atoms with Gasteiger partial charge in [-0.25, -0.2) is 4.79 Å². The maximum Gasteiger partial charge on any atom is 0.335 e. The molecular formula is C20H24ClNO3. The second-order valence-electron chi connectivity index (χ2n) is 6.69. The summed E-state index contributed by atoms with van der Waals surface area (Å²) < 4.78 is 5.89. The zero-order valence-corrected chi connectivity index (χ0v) is 15.0. The van der Waals surface area contributed by atoms with Crippen LogP contribution in [0, 0.1) is 0 Å². The van der Waals surface area contributed by atoms with E-state index in [4.69, 9.17) is 21.1 Å². The second kappa shape index (κ2) is 8.54. The SMILES string of the molecule is O=C(O)c1ccc(Cl)c(-c2ccc(CNC3CCCCCCC3)o2)c1. The van der Waals surface area contributed by atoms with Gasteiger partial charge in [0.2, 0.25) is 0 Å². The molecule has 3 rings (SSSR count). The van der Waals surface area contributed by atoms with Crippen LogP contribution >= 0.6 is 11.6 Å². The molecule has 1 heterocycles. The lowest BCUT2D eigenvalue weighted by atomic mass is 9.97. The molecule has 25 heavy (non-hydrogen) atoms. The fourth-order valence-corrected chi connectivity index (χ4v) is 3.58. The van der Waals surface area contributed by atoms with Crippen molar-refractivity contribution in [2.45, 2.75) is 57.5 Å². The van der Waals surface area contributed by atoms with Crippen molar-refractivity contribution in [1.82, 2.24) is 5.32 Å². The molecule has 1 aliphatic carbocycles. The number of hydrogen-bond donors (Lipinski definition) is 2. The largest absolute Gasteiger partial charge is 0.478 e. The monoisotopic (exact) mass is 361 g/mol. The molecule has 134 valence electrons. The molecule has 5 heteroatoms. The van der Waals surface area contributed by atoms with Crippen LogP contribution in [0.4, 0.5) is 0 Å². The number of halogens is 1. The van der Waals surface area contributed by atoms with Crippen LogP contribution in [0.15, 0.2) is 34.7 Å². The normalized spacial score (nSPS) is 16.4. The first kappa shape index (κ1) is 18.0. The molecule has 0 saturated heterocycles. The minimum Gasteiger partial charge on any atom is -0.478 e. The van der Waals surface area contributed by atoms with E-state index in [0.717, 1.165) is 5.76 Å². The zero-order valence-electron chi connectivity index (χ0n) is 14.3. The summed E-state index contributed by atoms with van der Waals surface area (Å²) in [5.74, 6) is 0.465. The Morgan fingerprint density at radius 3 is 2.56 bits per heavy atom. The van der Waals surface area contributed by atoms with Gasteiger partial charge in [0.05, 0.1) is 17.1 Å². The molecule has 1 fully saturated rings. The third-order valence-electron chi connectivity index (χ3n) is 4.81. The lowest BCUT2D eigenvalue weighted by molar-refractivity contribution is 0.0697. The van der Waals surface area contributed by atoms with Crippen LogP contribution in [0.5, 0.6) is 0 Å². The van der Waals surface area contributed by atoms with Crippen LogP contribution in [0.2, 0.25) is 5.02 Å². The maximum atomic E-state index is 11.1. The molecule has 0 radical (unpaired) electrons. The van der Waals surface area contributed by atoms with E-state index in [0.29, 0.717) is 28.9 Å². The van der Waals surface area contributed by atoms with Crippen molar-refractivity contribution in [2.75, 3.05) is 0 Å². The number of carbonyl (C=O) groups is 1. The minimum absolute atomic E-state index is 0.199. The van der Waals surface area contributed by atoms with E-state index in [1.807, 2.05) is 12.1 Å². The van der Waals surface area contributed by atoms with Crippen LogP contribution in [0.25, 0.3) is 11.3 Å². The van der Waals surface area contributed by atoms with Crippen LogP contribution in [0.1, 0.15) is 61.1 Å². The first-order chi connectivity index (χ1) is 12.1. The Kier molecular flexibility index (Phi) is 6.16. The summed E-state index contributed by atoms with van der Waals surface area (Å²) in [6.45, 7) is 0.681. The summed E-state index contributed by atoms with van der Waals surface area (Å²) in [7, 11) is 0. The molecule has 1 aromatic heterocycles. The lowest BCUT2D eigenvalue weighted by Gasteiger charge is -2.20. The van der Waals surface area contributed by atoms with Gasteiger partial charge in [0.15, 0.2) is 0 Å². The Morgan fingerprint density at radius 2 is 1.84 bits per heavy atom. The molecule has 0 aliphatic heterocycles. The smallest absolute Gasteiger partial charge is 0.335 e. The first-order valence-corrected chi connectivity index (χ1v) is 9.36. The number of carboxylic acids is 1. The van der Waals surface area contributed by atoms with Gasteiger partial charge in [-0.15, -0.1) is 0 Å². The number of rotatable bonds is 5. The highest BCUT2D eigenvalue weighted by molar-refractivity contribution is 6.33. The van der Waals surface area contributed by atoms with Crippen LogP contribution < -0.4 is 5.32 Å². The third-order valence-corrected chi connectivity index (χ3v) is 5.14. The van der Waals surface area contributed by atoms with Crippen molar-refractivity contribution >= 4 is 17.6 Å². The van der Waals surface area contributed by atoms with Gasteiger partial charge < -0.3 is 14.8 Å². The predicted molar refractivity (Wildman–Crippen MR) is 99.1 cm³/mol. The Balaban J connectivity index is 1.66. The molecule has 1 saturated carbocycles. The average molecular weight is 362 g/mol. The number of nitrogens with one attached hydrogen (secondary N) is 1. The van der Waals surface area contributed by atoms with Crippen molar-refractivity contribution in [3.05, 3.63) is 46.7 Å². The summed E-state index contributed by atoms with van der Waals surface area (Å²) in [6.07, 6.45) is 9.06. The van der Waals surface area contributed by atoms with Gasteiger partial charge >= 0.3 is 5.97 Å². The van der Waals surface area contributed by atoms with Gasteiger partial charge in [0.25, 0.3) is 0 Å². The van der Waals surface area contributed by atoms with E-state index in [9.17, 15) is 4.79 Å². The highest BCUT2D eigenvalue weighted by Crippen LogP contribution is 2.30. The van der Waals surface area contributed by atoms with Crippen molar-refractivity contribution in [2.24, 2.45) is 0 Å². The molecular weight excluding hydrogens is 338 g/mol. The summed E-state index contributed by atoms with van der Waals surface area (Å²) in [5, 5.41) is 13.2. The van der Waals surface area contributed by atoms with Crippen LogP contribution in [-0.4, -0.2) is 17.1 Å². The maximum absolute atomic E-state index is 11.1. The summed E-state index contributed by atoms with van der Waals surface area (Å²) in [5.41, 5.74) is 0.809. The molecule has 1 aliphatic rings. The molecule has 1 aromatic carbocycles. The van der Waals surface area contributed by atoms with Gasteiger partial charge in [-0.05, 0) is 43.2 Å². The van der Waals surface area contributed by atoms with E-state index in [1.54, 1.807) is 12.1 Å². The number of aromatic carboxylic acids is 1. The standard InChI is InChI=1S/C20H24ClNO3/c21-18-10-8-14(20(23)24)12-17(18)19-11-9-16(25-19)13-22-15-6-4-2-1-3-5-7-15/h8-12,15,22H,1-7,13H2,(H,23,24). The van der Waals surface area contributed by atoms with E-state index in [2.05, 4.69) is 5.32 Å². The lowest BCUT2D eigenvalue weighted by Crippen LogP contribution is -2.29. The number of carboxylic acid groups (broad SMARTS) is 1. The molecule has 2 N–H and O–H groups in total. The predicted octanol–water partition coefficient (Wildman–Crippen LogP) is 5.50. The second-order valence-corrected chi connectivity index (χ2v) is 7.10. The fourth-order valence-electron chi connectivity index (χ4n) is 3.37. The summed E-state index contributed by atoms with van der Waals surface area (Å²) >= 11 is 6.21. The third kappa shape index (κ3) is 4.86. The van der Waals surface area contributed by atoms with Gasteiger partial charge in [-0.1, -0.05) is 43.7 Å². The van der Waals surface area contributed by atoms with E-state index in [-0.39, 0.29) is 5.56 Å². The number of furan rings is 1. The fraction of sp³-hybridized carbons (Fsp3) is 0.450. The van der Waals surface area contributed by atoms with Crippen LogP contribution in [0.3, 0.4) is 0 Å². The number of benzene rings is 1. The van der Waals surface area contributed by atoms with Crippen molar-refractivity contribution in [3.8, 4) is 11.3 Å². The average Bonchev–Trinajstić information content (AvgIpc) is 3.03. The van der Waals surface area contributed by atoms with Gasteiger partial charge in [-0.2, -0.15) is 0 Å². The zero-order chi connectivity index (χ0) is 17.6. The Bertz CT molecular complexity index is 717. The molecule has 2 aromatic rings. The van der Waals surface area contributed by atoms with Crippen molar-refractivity contribution < 1.29 is 14.3 Å². The molecule has 0 unspecified atom stereocenters. The van der Waals surface area contributed by atoms with E-state index in [1.165, 1.54) is 51.0 Å². The minimum atomic E-state index is -0.976. The Hall–Kier alpha value is -1.78. The van der Waals surface area contributed by atoms with E-state index >= 15 is 0 Å². The molecule has 0 bridgehead atoms. The Labute approximate surface area is 153 Å². The number of hydrogen-bond acceptors (Lipinski definition) is 3. The molecule has 0 atom stereocenters. The summed E-state index contributed by atoms with van der Waals surface area (Å²) in [4.78, 5) is 11.1. The van der Waals surface area contributed by atoms with Gasteiger partial charge in [-0.3, -0.25) is 0 Å². The Morgan fingerprint density at radius 1 is 1.12 bits per heavy atom. The topological polar surface area (TPSA) is 62.5 Å². The molecule has 0 amide bonds. The highest BCUT2D eigenvalue weighted by Gasteiger charge is 2.14. The quantitative estimate of drug-likeness (QED) is 0.738. The van der Waals surface area contributed by atoms with E-state index < -0.39 is 5.97 Å². The van der Waals surface area contributed by atoms with Gasteiger partial charge in [0.1, 0.15) is 11.5 Å². The molecule has 0 spiro atoms. The van der Waals surface area contributed by atoms with Gasteiger partial charge in [0, 0.05) is 11.6 Å². The highest BCUT2D eigenvalue weighted by atomic mass is 35.5.